The molecule has 4 nitrogen and oxygen atoms in total. The van der Waals surface area contributed by atoms with Crippen LogP contribution in [0.25, 0.3) is 0 Å². The normalized spacial score (nSPS) is 11.2. The summed E-state index contributed by atoms with van der Waals surface area (Å²) >= 11 is 0. The van der Waals surface area contributed by atoms with Gasteiger partial charge in [0.1, 0.15) is 0 Å². The van der Waals surface area contributed by atoms with Gasteiger partial charge in [0, 0.05) is 31.5 Å². The van der Waals surface area contributed by atoms with Crippen LogP contribution < -0.4 is 5.32 Å². The zero-order valence-electron chi connectivity index (χ0n) is 11.9. The number of pyridine rings is 1. The van der Waals surface area contributed by atoms with Gasteiger partial charge in [0.2, 0.25) is 0 Å². The Balaban J connectivity index is 1.89. The summed E-state index contributed by atoms with van der Waals surface area (Å²) in [6.45, 7) is 7.99. The zero-order valence-corrected chi connectivity index (χ0v) is 11.9. The number of hydrogen-bond donors (Lipinski definition) is 1. The van der Waals surface area contributed by atoms with Gasteiger partial charge in [-0.25, -0.2) is 0 Å². The fraction of sp³-hybridized carbons (Fsp3) is 0.467. The van der Waals surface area contributed by atoms with Crippen LogP contribution >= 0.6 is 0 Å². The monoisotopic (exact) mass is 258 g/mol. The Morgan fingerprint density at radius 3 is 2.79 bits per heavy atom. The number of hydrogen-bond acceptors (Lipinski definition) is 3. The quantitative estimate of drug-likeness (QED) is 0.866. The van der Waals surface area contributed by atoms with Crippen molar-refractivity contribution in [2.75, 3.05) is 0 Å². The maximum Gasteiger partial charge on any atom is 0.0762 e. The van der Waals surface area contributed by atoms with E-state index in [4.69, 9.17) is 0 Å². The second-order valence-electron chi connectivity index (χ2n) is 4.95. The third-order valence-corrected chi connectivity index (χ3v) is 3.16. The van der Waals surface area contributed by atoms with Gasteiger partial charge >= 0.3 is 0 Å². The lowest BCUT2D eigenvalue weighted by Gasteiger charge is -2.07. The summed E-state index contributed by atoms with van der Waals surface area (Å²) in [6, 6.07) is 6.60. The minimum Gasteiger partial charge on any atom is -0.305 e. The van der Waals surface area contributed by atoms with Crippen LogP contribution in [0, 0.1) is 0 Å². The van der Waals surface area contributed by atoms with Crippen LogP contribution in [0.1, 0.15) is 43.8 Å². The first-order valence-corrected chi connectivity index (χ1v) is 6.88. The zero-order chi connectivity index (χ0) is 13.7. The number of aryl methyl sites for hydroxylation is 1. The van der Waals surface area contributed by atoms with Gasteiger partial charge < -0.3 is 5.32 Å². The number of aromatic nitrogens is 3. The Hall–Kier alpha value is -1.68. The molecule has 0 aliphatic carbocycles. The second kappa shape index (κ2) is 6.48. The van der Waals surface area contributed by atoms with Crippen molar-refractivity contribution in [2.24, 2.45) is 0 Å². The molecular formula is C15H22N4. The van der Waals surface area contributed by atoms with Crippen LogP contribution in [0.15, 0.2) is 30.6 Å². The molecule has 0 amide bonds. The van der Waals surface area contributed by atoms with Gasteiger partial charge in [0.15, 0.2) is 0 Å². The maximum atomic E-state index is 4.52. The van der Waals surface area contributed by atoms with E-state index in [9.17, 15) is 0 Å². The van der Waals surface area contributed by atoms with Crippen molar-refractivity contribution in [2.45, 2.75) is 46.3 Å². The standard InChI is InChI=1S/C15H22N4/c1-4-13-6-5-8-17-15(13)11-16-10-14-7-9-19(18-14)12(2)3/h5-9,12,16H,4,10-11H2,1-3H3. The van der Waals surface area contributed by atoms with E-state index in [-0.39, 0.29) is 0 Å². The van der Waals surface area contributed by atoms with E-state index < -0.39 is 0 Å². The van der Waals surface area contributed by atoms with Gasteiger partial charge in [-0.05, 0) is 38.0 Å². The number of nitrogens with one attached hydrogen (secondary N) is 1. The molecule has 0 saturated carbocycles. The third-order valence-electron chi connectivity index (χ3n) is 3.16. The Labute approximate surface area is 114 Å². The van der Waals surface area contributed by atoms with Crippen molar-refractivity contribution in [3.8, 4) is 0 Å². The van der Waals surface area contributed by atoms with E-state index in [0.717, 1.165) is 30.9 Å². The van der Waals surface area contributed by atoms with Crippen LogP contribution in [0.3, 0.4) is 0 Å². The van der Waals surface area contributed by atoms with Crippen LogP contribution in [0.2, 0.25) is 0 Å². The molecule has 0 bridgehead atoms. The van der Waals surface area contributed by atoms with Crippen molar-refractivity contribution < 1.29 is 0 Å². The van der Waals surface area contributed by atoms with Crippen molar-refractivity contribution in [3.63, 3.8) is 0 Å². The highest BCUT2D eigenvalue weighted by atomic mass is 15.3. The molecule has 0 aliphatic heterocycles. The van der Waals surface area contributed by atoms with Gasteiger partial charge in [-0.1, -0.05) is 13.0 Å². The van der Waals surface area contributed by atoms with Crippen LogP contribution in [0.5, 0.6) is 0 Å². The van der Waals surface area contributed by atoms with Crippen LogP contribution in [0.4, 0.5) is 0 Å². The molecule has 0 atom stereocenters. The number of rotatable bonds is 6. The molecule has 4 heteroatoms. The Bertz CT molecular complexity index is 516. The summed E-state index contributed by atoms with van der Waals surface area (Å²) in [5.41, 5.74) is 3.51. The largest absolute Gasteiger partial charge is 0.305 e. The Kier molecular flexibility index (Phi) is 4.68. The lowest BCUT2D eigenvalue weighted by Crippen LogP contribution is -2.16. The van der Waals surface area contributed by atoms with Crippen LogP contribution in [-0.4, -0.2) is 14.8 Å². The first-order valence-electron chi connectivity index (χ1n) is 6.88. The molecule has 102 valence electrons. The molecule has 2 rings (SSSR count). The highest BCUT2D eigenvalue weighted by Gasteiger charge is 2.03. The minimum atomic E-state index is 0.413. The summed E-state index contributed by atoms with van der Waals surface area (Å²) in [6.07, 6.45) is 4.90. The van der Waals surface area contributed by atoms with Crippen molar-refractivity contribution in [1.82, 2.24) is 20.1 Å². The molecule has 0 aliphatic rings. The van der Waals surface area contributed by atoms with Crippen molar-refractivity contribution in [1.29, 1.82) is 0 Å². The first kappa shape index (κ1) is 13.7. The van der Waals surface area contributed by atoms with E-state index in [1.165, 1.54) is 5.56 Å². The third kappa shape index (κ3) is 3.64. The Morgan fingerprint density at radius 2 is 2.11 bits per heavy atom. The molecular weight excluding hydrogens is 236 g/mol. The predicted molar refractivity (Wildman–Crippen MR) is 76.8 cm³/mol. The summed E-state index contributed by atoms with van der Waals surface area (Å²) < 4.78 is 1.98. The molecule has 2 aromatic heterocycles. The van der Waals surface area contributed by atoms with E-state index in [1.54, 1.807) is 0 Å². The van der Waals surface area contributed by atoms with E-state index in [0.29, 0.717) is 6.04 Å². The summed E-state index contributed by atoms with van der Waals surface area (Å²) in [5, 5.41) is 7.92. The molecule has 0 radical (unpaired) electrons. The Morgan fingerprint density at radius 1 is 1.26 bits per heavy atom. The van der Waals surface area contributed by atoms with E-state index >= 15 is 0 Å². The fourth-order valence-corrected chi connectivity index (χ4v) is 2.02. The predicted octanol–water partition coefficient (Wildman–Crippen LogP) is 2.71. The smallest absolute Gasteiger partial charge is 0.0762 e. The van der Waals surface area contributed by atoms with E-state index in [1.807, 2.05) is 23.1 Å². The average Bonchev–Trinajstić information content (AvgIpc) is 2.88. The van der Waals surface area contributed by atoms with Gasteiger partial charge in [0.25, 0.3) is 0 Å². The highest BCUT2D eigenvalue weighted by Crippen LogP contribution is 2.07. The van der Waals surface area contributed by atoms with Gasteiger partial charge in [-0.2, -0.15) is 5.10 Å². The minimum absolute atomic E-state index is 0.413. The molecule has 19 heavy (non-hydrogen) atoms. The number of nitrogens with zero attached hydrogens (tertiary/aromatic N) is 3. The molecule has 0 spiro atoms. The summed E-state index contributed by atoms with van der Waals surface area (Å²) in [7, 11) is 0. The molecule has 0 unspecified atom stereocenters. The maximum absolute atomic E-state index is 4.52. The van der Waals surface area contributed by atoms with Crippen molar-refractivity contribution >= 4 is 0 Å². The lowest BCUT2D eigenvalue weighted by molar-refractivity contribution is 0.521. The molecule has 2 aromatic rings. The molecule has 0 saturated heterocycles. The van der Waals surface area contributed by atoms with Gasteiger partial charge in [-0.3, -0.25) is 9.67 Å². The molecule has 0 fully saturated rings. The summed E-state index contributed by atoms with van der Waals surface area (Å²) in [4.78, 5) is 4.43. The molecule has 0 aromatic carbocycles. The van der Waals surface area contributed by atoms with Crippen molar-refractivity contribution in [3.05, 3.63) is 47.5 Å². The SMILES string of the molecule is CCc1cccnc1CNCc1ccn(C(C)C)n1. The van der Waals surface area contributed by atoms with E-state index in [2.05, 4.69) is 48.3 Å². The highest BCUT2D eigenvalue weighted by molar-refractivity contribution is 5.19. The van der Waals surface area contributed by atoms with Crippen LogP contribution in [-0.2, 0) is 19.5 Å². The summed E-state index contributed by atoms with van der Waals surface area (Å²) in [5.74, 6) is 0. The average molecular weight is 258 g/mol. The second-order valence-corrected chi connectivity index (χ2v) is 4.95. The van der Waals surface area contributed by atoms with Gasteiger partial charge in [-0.15, -0.1) is 0 Å². The molecule has 1 N–H and O–H groups in total. The van der Waals surface area contributed by atoms with Gasteiger partial charge in [0.05, 0.1) is 11.4 Å². The molecule has 2 heterocycles. The first-order chi connectivity index (χ1) is 9.20. The topological polar surface area (TPSA) is 42.7 Å². The lowest BCUT2D eigenvalue weighted by atomic mass is 10.1. The fourth-order valence-electron chi connectivity index (χ4n) is 2.02.